The Bertz CT molecular complexity index is 385. The van der Waals surface area contributed by atoms with E-state index in [-0.39, 0.29) is 11.7 Å². The number of hydrogen-bond acceptors (Lipinski definition) is 2. The minimum atomic E-state index is -1.15. The molecule has 4 heteroatoms. The van der Waals surface area contributed by atoms with Gasteiger partial charge in [0.25, 0.3) is 0 Å². The van der Waals surface area contributed by atoms with Crippen LogP contribution in [0.15, 0.2) is 18.2 Å². The Morgan fingerprint density at radius 2 is 2.13 bits per heavy atom. The van der Waals surface area contributed by atoms with Crippen LogP contribution in [0.3, 0.4) is 0 Å². The first-order chi connectivity index (χ1) is 7.15. The lowest BCUT2D eigenvalue weighted by molar-refractivity contribution is 0.0694. The smallest absolute Gasteiger partial charge is 0.335 e. The number of benzene rings is 1. The zero-order valence-electron chi connectivity index (χ0n) is 8.07. The molecule has 1 fully saturated rings. The van der Waals surface area contributed by atoms with Crippen molar-refractivity contribution in [2.45, 2.75) is 25.4 Å². The third kappa shape index (κ3) is 2.26. The summed E-state index contributed by atoms with van der Waals surface area (Å²) < 4.78 is 18.4. The Morgan fingerprint density at radius 1 is 1.40 bits per heavy atom. The quantitative estimate of drug-likeness (QED) is 0.833. The van der Waals surface area contributed by atoms with Crippen molar-refractivity contribution in [1.29, 1.82) is 0 Å². The zero-order chi connectivity index (χ0) is 10.8. The van der Waals surface area contributed by atoms with Crippen LogP contribution < -0.4 is 4.74 Å². The molecule has 1 aromatic carbocycles. The van der Waals surface area contributed by atoms with Crippen LogP contribution in [-0.2, 0) is 0 Å². The van der Waals surface area contributed by atoms with Crippen molar-refractivity contribution in [3.63, 3.8) is 0 Å². The van der Waals surface area contributed by atoms with Gasteiger partial charge >= 0.3 is 5.97 Å². The maximum absolute atomic E-state index is 13.0. The highest BCUT2D eigenvalue weighted by Crippen LogP contribution is 2.26. The lowest BCUT2D eigenvalue weighted by atomic mass is 9.96. The monoisotopic (exact) mass is 210 g/mol. The second-order valence-electron chi connectivity index (χ2n) is 3.65. The lowest BCUT2D eigenvalue weighted by Crippen LogP contribution is -2.24. The van der Waals surface area contributed by atoms with Gasteiger partial charge in [-0.3, -0.25) is 0 Å². The summed E-state index contributed by atoms with van der Waals surface area (Å²) in [4.78, 5) is 10.7. The van der Waals surface area contributed by atoms with Crippen LogP contribution in [0.5, 0.6) is 5.75 Å². The zero-order valence-corrected chi connectivity index (χ0v) is 8.07. The van der Waals surface area contributed by atoms with Crippen LogP contribution in [0.2, 0.25) is 0 Å². The molecule has 0 saturated heterocycles. The fourth-order valence-electron chi connectivity index (χ4n) is 1.44. The standard InChI is InChI=1S/C11H11FO3/c12-8-4-7(11(13)14)5-10(6-8)15-9-2-1-3-9/h4-6,9H,1-3H2,(H,13,14). The predicted octanol–water partition coefficient (Wildman–Crippen LogP) is 2.46. The highest BCUT2D eigenvalue weighted by atomic mass is 19.1. The summed E-state index contributed by atoms with van der Waals surface area (Å²) in [6.07, 6.45) is 3.15. The number of halogens is 1. The minimum absolute atomic E-state index is 0.0793. The topological polar surface area (TPSA) is 46.5 Å². The summed E-state index contributed by atoms with van der Waals surface area (Å²) in [6.45, 7) is 0. The minimum Gasteiger partial charge on any atom is -0.490 e. The van der Waals surface area contributed by atoms with Gasteiger partial charge in [0, 0.05) is 6.07 Å². The van der Waals surface area contributed by atoms with Crippen molar-refractivity contribution >= 4 is 5.97 Å². The first-order valence-electron chi connectivity index (χ1n) is 4.86. The average molecular weight is 210 g/mol. The van der Waals surface area contributed by atoms with E-state index < -0.39 is 11.8 Å². The maximum atomic E-state index is 13.0. The number of carbonyl (C=O) groups is 1. The molecule has 0 amide bonds. The largest absolute Gasteiger partial charge is 0.490 e. The van der Waals surface area contributed by atoms with Crippen molar-refractivity contribution in [2.24, 2.45) is 0 Å². The Kier molecular flexibility index (Phi) is 2.58. The van der Waals surface area contributed by atoms with Gasteiger partial charge in [-0.1, -0.05) is 0 Å². The molecule has 0 atom stereocenters. The van der Waals surface area contributed by atoms with Crippen LogP contribution in [0.1, 0.15) is 29.6 Å². The van der Waals surface area contributed by atoms with Crippen molar-refractivity contribution in [1.82, 2.24) is 0 Å². The van der Waals surface area contributed by atoms with Gasteiger partial charge in [-0.25, -0.2) is 9.18 Å². The van der Waals surface area contributed by atoms with Gasteiger partial charge in [0.05, 0.1) is 11.7 Å². The second kappa shape index (κ2) is 3.88. The van der Waals surface area contributed by atoms with Gasteiger partial charge in [0.15, 0.2) is 0 Å². The van der Waals surface area contributed by atoms with Crippen LogP contribution in [0.25, 0.3) is 0 Å². The molecule has 80 valence electrons. The first-order valence-corrected chi connectivity index (χ1v) is 4.86. The highest BCUT2D eigenvalue weighted by molar-refractivity contribution is 5.88. The highest BCUT2D eigenvalue weighted by Gasteiger charge is 2.19. The van der Waals surface area contributed by atoms with Gasteiger partial charge in [-0.05, 0) is 31.4 Å². The van der Waals surface area contributed by atoms with E-state index in [0.717, 1.165) is 25.3 Å². The van der Waals surface area contributed by atoms with Gasteiger partial charge in [0.1, 0.15) is 11.6 Å². The predicted molar refractivity (Wildman–Crippen MR) is 51.6 cm³/mol. The van der Waals surface area contributed by atoms with E-state index in [1.165, 1.54) is 12.1 Å². The summed E-state index contributed by atoms with van der Waals surface area (Å²) in [7, 11) is 0. The van der Waals surface area contributed by atoms with E-state index in [9.17, 15) is 9.18 Å². The molecule has 1 aliphatic carbocycles. The van der Waals surface area contributed by atoms with Crippen LogP contribution in [0, 0.1) is 5.82 Å². The molecule has 1 aromatic rings. The summed E-state index contributed by atoms with van der Waals surface area (Å²) >= 11 is 0. The van der Waals surface area contributed by atoms with Crippen molar-refractivity contribution in [3.8, 4) is 5.75 Å². The molecule has 0 spiro atoms. The van der Waals surface area contributed by atoms with E-state index in [2.05, 4.69) is 0 Å². The molecule has 1 N–H and O–H groups in total. The molecule has 15 heavy (non-hydrogen) atoms. The molecule has 0 aromatic heterocycles. The number of aromatic carboxylic acids is 1. The van der Waals surface area contributed by atoms with E-state index in [4.69, 9.17) is 9.84 Å². The normalized spacial score (nSPS) is 15.8. The van der Waals surface area contributed by atoms with Crippen molar-refractivity contribution in [3.05, 3.63) is 29.6 Å². The lowest BCUT2D eigenvalue weighted by Gasteiger charge is -2.26. The Labute approximate surface area is 86.5 Å². The molecule has 1 saturated carbocycles. The average Bonchev–Trinajstić information content (AvgIpc) is 2.10. The number of rotatable bonds is 3. The van der Waals surface area contributed by atoms with E-state index >= 15 is 0 Å². The molecule has 1 aliphatic rings. The fraction of sp³-hybridized carbons (Fsp3) is 0.364. The Morgan fingerprint density at radius 3 is 2.67 bits per heavy atom. The fourth-order valence-corrected chi connectivity index (χ4v) is 1.44. The van der Waals surface area contributed by atoms with Crippen LogP contribution in [-0.4, -0.2) is 17.2 Å². The van der Waals surface area contributed by atoms with Gasteiger partial charge in [-0.15, -0.1) is 0 Å². The number of carboxylic acids is 1. The first kappa shape index (κ1) is 9.96. The van der Waals surface area contributed by atoms with Gasteiger partial charge < -0.3 is 9.84 Å². The number of ether oxygens (including phenoxy) is 1. The van der Waals surface area contributed by atoms with Gasteiger partial charge in [-0.2, -0.15) is 0 Å². The molecule has 2 rings (SSSR count). The molecule has 0 heterocycles. The van der Waals surface area contributed by atoms with Gasteiger partial charge in [0.2, 0.25) is 0 Å². The van der Waals surface area contributed by atoms with E-state index in [1.807, 2.05) is 0 Å². The molecule has 3 nitrogen and oxygen atoms in total. The van der Waals surface area contributed by atoms with E-state index in [1.54, 1.807) is 0 Å². The number of hydrogen-bond donors (Lipinski definition) is 1. The summed E-state index contributed by atoms with van der Waals surface area (Å²) in [5, 5.41) is 8.72. The number of carboxylic acid groups (broad SMARTS) is 1. The second-order valence-corrected chi connectivity index (χ2v) is 3.65. The summed E-state index contributed by atoms with van der Waals surface area (Å²) in [5.74, 6) is -1.42. The summed E-state index contributed by atoms with van der Waals surface area (Å²) in [6, 6.07) is 3.55. The maximum Gasteiger partial charge on any atom is 0.335 e. The van der Waals surface area contributed by atoms with Crippen LogP contribution >= 0.6 is 0 Å². The molecule has 0 radical (unpaired) electrons. The molecule has 0 aliphatic heterocycles. The van der Waals surface area contributed by atoms with Crippen LogP contribution in [0.4, 0.5) is 4.39 Å². The van der Waals surface area contributed by atoms with E-state index in [0.29, 0.717) is 5.75 Å². The Balaban J connectivity index is 2.18. The Hall–Kier alpha value is -1.58. The summed E-state index contributed by atoms with van der Waals surface area (Å²) in [5.41, 5.74) is -0.0793. The third-order valence-electron chi connectivity index (χ3n) is 2.47. The van der Waals surface area contributed by atoms with Crippen molar-refractivity contribution in [2.75, 3.05) is 0 Å². The van der Waals surface area contributed by atoms with Crippen molar-refractivity contribution < 1.29 is 19.0 Å². The molecular weight excluding hydrogens is 199 g/mol. The molecular formula is C11H11FO3. The SMILES string of the molecule is O=C(O)c1cc(F)cc(OC2CCC2)c1. The molecule has 0 bridgehead atoms. The molecule has 0 unspecified atom stereocenters. The third-order valence-corrected chi connectivity index (χ3v) is 2.47.